The van der Waals surface area contributed by atoms with Gasteiger partial charge in [0.15, 0.2) is 0 Å². The standard InChI is InChI=1S/C18H16ClN3O/c1-13(23)21-20-10-15-12-22(18-9-5-3-7-16(15)18)11-14-6-2-4-8-17(14)19/h2-10,12H,11H2,1H3,(H,21,23)/b20-10+. The Morgan fingerprint density at radius 3 is 2.74 bits per heavy atom. The van der Waals surface area contributed by atoms with Crippen LogP contribution in [0, 0.1) is 0 Å². The number of halogens is 1. The minimum atomic E-state index is -0.193. The fourth-order valence-corrected chi connectivity index (χ4v) is 2.71. The monoisotopic (exact) mass is 325 g/mol. The van der Waals surface area contributed by atoms with Crippen LogP contribution in [0.1, 0.15) is 18.1 Å². The van der Waals surface area contributed by atoms with Gasteiger partial charge in [-0.15, -0.1) is 0 Å². The largest absolute Gasteiger partial charge is 0.342 e. The van der Waals surface area contributed by atoms with Crippen molar-refractivity contribution in [2.45, 2.75) is 13.5 Å². The fraction of sp³-hybridized carbons (Fsp3) is 0.111. The van der Waals surface area contributed by atoms with Gasteiger partial charge in [0.05, 0.1) is 6.21 Å². The molecule has 0 atom stereocenters. The van der Waals surface area contributed by atoms with E-state index in [-0.39, 0.29) is 5.91 Å². The first-order valence-corrected chi connectivity index (χ1v) is 7.64. The summed E-state index contributed by atoms with van der Waals surface area (Å²) in [6, 6.07) is 15.9. The second-order valence-corrected chi connectivity index (χ2v) is 5.65. The predicted octanol–water partition coefficient (Wildman–Crippen LogP) is 3.81. The maximum absolute atomic E-state index is 10.9. The molecule has 116 valence electrons. The molecule has 3 aromatic rings. The quantitative estimate of drug-likeness (QED) is 0.575. The number of benzene rings is 2. The molecule has 0 saturated heterocycles. The maximum atomic E-state index is 10.9. The van der Waals surface area contributed by atoms with Gasteiger partial charge in [0, 0.05) is 41.2 Å². The summed E-state index contributed by atoms with van der Waals surface area (Å²) in [7, 11) is 0. The highest BCUT2D eigenvalue weighted by molar-refractivity contribution is 6.31. The molecule has 0 fully saturated rings. The summed E-state index contributed by atoms with van der Waals surface area (Å²) >= 11 is 6.26. The van der Waals surface area contributed by atoms with Crippen LogP contribution in [0.15, 0.2) is 59.8 Å². The van der Waals surface area contributed by atoms with Crippen molar-refractivity contribution < 1.29 is 4.79 Å². The van der Waals surface area contributed by atoms with Gasteiger partial charge in [-0.2, -0.15) is 5.10 Å². The number of hydrogen-bond donors (Lipinski definition) is 1. The molecule has 0 bridgehead atoms. The second kappa shape index (κ2) is 6.67. The predicted molar refractivity (Wildman–Crippen MR) is 93.9 cm³/mol. The smallest absolute Gasteiger partial charge is 0.236 e. The van der Waals surface area contributed by atoms with E-state index in [1.807, 2.05) is 48.7 Å². The number of para-hydroxylation sites is 1. The van der Waals surface area contributed by atoms with E-state index in [0.29, 0.717) is 6.54 Å². The minimum Gasteiger partial charge on any atom is -0.342 e. The molecule has 1 heterocycles. The normalized spacial score (nSPS) is 11.2. The molecule has 5 heteroatoms. The first kappa shape index (κ1) is 15.3. The molecule has 0 radical (unpaired) electrons. The van der Waals surface area contributed by atoms with E-state index in [4.69, 9.17) is 11.6 Å². The number of rotatable bonds is 4. The Labute approximate surface area is 139 Å². The number of nitrogens with zero attached hydrogens (tertiary/aromatic N) is 2. The van der Waals surface area contributed by atoms with E-state index >= 15 is 0 Å². The van der Waals surface area contributed by atoms with Crippen molar-refractivity contribution in [1.82, 2.24) is 9.99 Å². The fourth-order valence-electron chi connectivity index (χ4n) is 2.51. The molecule has 0 aliphatic rings. The number of carbonyl (C=O) groups excluding carboxylic acids is 1. The third-order valence-electron chi connectivity index (χ3n) is 3.54. The zero-order valence-electron chi connectivity index (χ0n) is 12.7. The maximum Gasteiger partial charge on any atom is 0.236 e. The van der Waals surface area contributed by atoms with Crippen molar-refractivity contribution in [3.05, 3.63) is 70.9 Å². The summed E-state index contributed by atoms with van der Waals surface area (Å²) in [5, 5.41) is 5.79. The molecule has 0 spiro atoms. The van der Waals surface area contributed by atoms with Gasteiger partial charge in [-0.05, 0) is 17.7 Å². The van der Waals surface area contributed by atoms with Crippen molar-refractivity contribution in [2.75, 3.05) is 0 Å². The molecular formula is C18H16ClN3O. The zero-order valence-corrected chi connectivity index (χ0v) is 13.4. The second-order valence-electron chi connectivity index (χ2n) is 5.25. The SMILES string of the molecule is CC(=O)N/N=C/c1cn(Cc2ccccc2Cl)c2ccccc12. The average Bonchev–Trinajstić information content (AvgIpc) is 2.88. The van der Waals surface area contributed by atoms with Crippen LogP contribution in [-0.4, -0.2) is 16.7 Å². The molecule has 4 nitrogen and oxygen atoms in total. The van der Waals surface area contributed by atoms with Crippen molar-refractivity contribution >= 4 is 34.6 Å². The summed E-state index contributed by atoms with van der Waals surface area (Å²) < 4.78 is 2.13. The van der Waals surface area contributed by atoms with Gasteiger partial charge in [0.1, 0.15) is 0 Å². The summed E-state index contributed by atoms with van der Waals surface area (Å²) in [5.41, 5.74) is 5.52. The van der Waals surface area contributed by atoms with Crippen LogP contribution in [0.25, 0.3) is 10.9 Å². The van der Waals surface area contributed by atoms with Gasteiger partial charge < -0.3 is 4.57 Å². The number of hydrazone groups is 1. The summed E-state index contributed by atoms with van der Waals surface area (Å²) in [5.74, 6) is -0.193. The molecular weight excluding hydrogens is 310 g/mol. The lowest BCUT2D eigenvalue weighted by Crippen LogP contribution is -2.12. The van der Waals surface area contributed by atoms with E-state index in [1.54, 1.807) is 6.21 Å². The van der Waals surface area contributed by atoms with Crippen LogP contribution in [-0.2, 0) is 11.3 Å². The van der Waals surface area contributed by atoms with Crippen LogP contribution >= 0.6 is 11.6 Å². The van der Waals surface area contributed by atoms with Gasteiger partial charge in [-0.1, -0.05) is 48.0 Å². The molecule has 0 unspecified atom stereocenters. The van der Waals surface area contributed by atoms with E-state index < -0.39 is 0 Å². The van der Waals surface area contributed by atoms with E-state index in [2.05, 4.69) is 21.2 Å². The van der Waals surface area contributed by atoms with Crippen LogP contribution in [0.3, 0.4) is 0 Å². The Morgan fingerprint density at radius 1 is 1.22 bits per heavy atom. The van der Waals surface area contributed by atoms with Gasteiger partial charge in [-0.3, -0.25) is 4.79 Å². The van der Waals surface area contributed by atoms with Crippen LogP contribution in [0.2, 0.25) is 5.02 Å². The van der Waals surface area contributed by atoms with Crippen molar-refractivity contribution in [2.24, 2.45) is 5.10 Å². The molecule has 1 amide bonds. The van der Waals surface area contributed by atoms with Crippen molar-refractivity contribution in [3.63, 3.8) is 0 Å². The van der Waals surface area contributed by atoms with Gasteiger partial charge >= 0.3 is 0 Å². The molecule has 1 aromatic heterocycles. The average molecular weight is 326 g/mol. The number of hydrogen-bond acceptors (Lipinski definition) is 2. The number of aromatic nitrogens is 1. The minimum absolute atomic E-state index is 0.193. The molecule has 23 heavy (non-hydrogen) atoms. The van der Waals surface area contributed by atoms with Crippen LogP contribution < -0.4 is 5.43 Å². The van der Waals surface area contributed by atoms with Gasteiger partial charge in [0.25, 0.3) is 0 Å². The zero-order chi connectivity index (χ0) is 16.2. The topological polar surface area (TPSA) is 46.4 Å². The highest BCUT2D eigenvalue weighted by Crippen LogP contribution is 2.23. The number of carbonyl (C=O) groups is 1. The first-order chi connectivity index (χ1) is 11.1. The summed E-state index contributed by atoms with van der Waals surface area (Å²) in [6.45, 7) is 2.10. The van der Waals surface area contributed by atoms with Crippen LogP contribution in [0.4, 0.5) is 0 Å². The molecule has 1 N–H and O–H groups in total. The van der Waals surface area contributed by atoms with Gasteiger partial charge in [0.2, 0.25) is 5.91 Å². The Morgan fingerprint density at radius 2 is 1.96 bits per heavy atom. The molecule has 0 aliphatic heterocycles. The Hall–Kier alpha value is -2.59. The lowest BCUT2D eigenvalue weighted by Gasteiger charge is -2.07. The third-order valence-corrected chi connectivity index (χ3v) is 3.91. The lowest BCUT2D eigenvalue weighted by molar-refractivity contribution is -0.118. The number of amides is 1. The Bertz CT molecular complexity index is 883. The lowest BCUT2D eigenvalue weighted by atomic mass is 10.2. The molecule has 0 saturated carbocycles. The highest BCUT2D eigenvalue weighted by Gasteiger charge is 2.08. The summed E-state index contributed by atoms with van der Waals surface area (Å²) in [6.07, 6.45) is 3.67. The first-order valence-electron chi connectivity index (χ1n) is 7.26. The number of fused-ring (bicyclic) bond motifs is 1. The Balaban J connectivity index is 1.99. The highest BCUT2D eigenvalue weighted by atomic mass is 35.5. The van der Waals surface area contributed by atoms with Gasteiger partial charge in [-0.25, -0.2) is 5.43 Å². The van der Waals surface area contributed by atoms with E-state index in [9.17, 15) is 4.79 Å². The van der Waals surface area contributed by atoms with E-state index in [1.165, 1.54) is 6.92 Å². The molecule has 0 aliphatic carbocycles. The molecule has 3 rings (SSSR count). The third kappa shape index (κ3) is 3.43. The van der Waals surface area contributed by atoms with Crippen molar-refractivity contribution in [3.8, 4) is 0 Å². The number of nitrogens with one attached hydrogen (secondary N) is 1. The van der Waals surface area contributed by atoms with Crippen molar-refractivity contribution in [1.29, 1.82) is 0 Å². The van der Waals surface area contributed by atoms with E-state index in [0.717, 1.165) is 27.1 Å². The molecule has 2 aromatic carbocycles. The summed E-state index contributed by atoms with van der Waals surface area (Å²) in [4.78, 5) is 10.9. The van der Waals surface area contributed by atoms with Crippen LogP contribution in [0.5, 0.6) is 0 Å². The Kier molecular flexibility index (Phi) is 4.44.